The van der Waals surface area contributed by atoms with Gasteiger partial charge < -0.3 is 21.1 Å². The lowest BCUT2D eigenvalue weighted by Gasteiger charge is -2.40. The number of hydrogen-bond acceptors (Lipinski definition) is 7. The van der Waals surface area contributed by atoms with Gasteiger partial charge in [0, 0.05) is 57.9 Å². The van der Waals surface area contributed by atoms with Crippen molar-refractivity contribution in [3.63, 3.8) is 0 Å². The maximum atomic E-state index is 13.7. The average molecular weight is 700 g/mol. The molecule has 1 saturated heterocycles. The van der Waals surface area contributed by atoms with Crippen LogP contribution in [-0.4, -0.2) is 86.9 Å². The normalized spacial score (nSPS) is 18.1. The summed E-state index contributed by atoms with van der Waals surface area (Å²) < 4.78 is 1.68. The smallest absolute Gasteiger partial charge is 0.270 e. The van der Waals surface area contributed by atoms with Crippen molar-refractivity contribution < 1.29 is 19.5 Å². The lowest BCUT2D eigenvalue weighted by Crippen LogP contribution is -2.57. The Morgan fingerprint density at radius 3 is 2.16 bits per heavy atom. The predicted molar refractivity (Wildman–Crippen MR) is 199 cm³/mol. The zero-order chi connectivity index (χ0) is 36.2. The van der Waals surface area contributed by atoms with Gasteiger partial charge in [-0.2, -0.15) is 5.10 Å². The summed E-state index contributed by atoms with van der Waals surface area (Å²) in [6.07, 6.45) is 7.84. The summed E-state index contributed by atoms with van der Waals surface area (Å²) >= 11 is 0. The molecule has 3 atom stereocenters. The van der Waals surface area contributed by atoms with Crippen LogP contribution in [0.3, 0.4) is 0 Å². The Morgan fingerprint density at radius 2 is 1.51 bits per heavy atom. The van der Waals surface area contributed by atoms with Crippen molar-refractivity contribution in [3.8, 4) is 0 Å². The van der Waals surface area contributed by atoms with Gasteiger partial charge in [0.15, 0.2) is 0 Å². The van der Waals surface area contributed by atoms with Gasteiger partial charge in [0.05, 0.1) is 6.04 Å². The SMILES string of the molecule is CCC(=O)N[C@H](Cc1ccc(CNC(=O)[C@@H](NC(=O)c2ccnn2C(C)C)C2CCCCCC2)cc1)C(O)N1CCN(Cc2ccccc2)CC1. The number of carbonyl (C=O) groups is 3. The number of piperazine rings is 1. The third kappa shape index (κ3) is 11.0. The number of aromatic nitrogens is 2. The molecule has 1 aromatic heterocycles. The van der Waals surface area contributed by atoms with Gasteiger partial charge in [0.25, 0.3) is 5.91 Å². The minimum Gasteiger partial charge on any atom is -0.376 e. The second-order valence-corrected chi connectivity index (χ2v) is 14.4. The van der Waals surface area contributed by atoms with Crippen LogP contribution in [0.4, 0.5) is 0 Å². The molecule has 0 bridgehead atoms. The second-order valence-electron chi connectivity index (χ2n) is 14.4. The van der Waals surface area contributed by atoms with Crippen molar-refractivity contribution in [2.75, 3.05) is 26.2 Å². The Labute approximate surface area is 303 Å². The minimum absolute atomic E-state index is 0.0243. The monoisotopic (exact) mass is 699 g/mol. The number of aliphatic hydroxyl groups excluding tert-OH is 1. The van der Waals surface area contributed by atoms with Gasteiger partial charge in [-0.15, -0.1) is 0 Å². The number of carbonyl (C=O) groups excluding carboxylic acids is 3. The third-order valence-corrected chi connectivity index (χ3v) is 10.3. The maximum Gasteiger partial charge on any atom is 0.270 e. The molecule has 3 amide bonds. The number of hydrogen-bond donors (Lipinski definition) is 4. The molecule has 0 spiro atoms. The standard InChI is InChI=1S/C40H57N7O4/c1-4-36(48)43-34(40(51)46-24-22-45(23-25-46)28-32-12-8-7-9-13-32)26-30-16-18-31(19-17-30)27-41-39(50)37(33-14-10-5-6-11-15-33)44-38(49)35-20-21-42-47(35)29(2)3/h7-9,12-13,16-21,29,33-34,37,40,51H,4-6,10-11,14-15,22-28H2,1-3H3,(H,41,50)(H,43,48)(H,44,49)/t34-,37+,40?/m1/s1. The molecule has 11 heteroatoms. The largest absolute Gasteiger partial charge is 0.376 e. The number of aliphatic hydroxyl groups is 1. The Bertz CT molecular complexity index is 1530. The van der Waals surface area contributed by atoms with Crippen LogP contribution in [0.25, 0.3) is 0 Å². The van der Waals surface area contributed by atoms with Gasteiger partial charge in [0.1, 0.15) is 18.0 Å². The zero-order valence-corrected chi connectivity index (χ0v) is 30.6. The van der Waals surface area contributed by atoms with Crippen LogP contribution in [0.2, 0.25) is 0 Å². The Hall–Kier alpha value is -4.06. The van der Waals surface area contributed by atoms with Gasteiger partial charge in [-0.25, -0.2) is 0 Å². The highest BCUT2D eigenvalue weighted by Crippen LogP contribution is 2.26. The van der Waals surface area contributed by atoms with Crippen molar-refractivity contribution in [1.82, 2.24) is 35.5 Å². The fourth-order valence-corrected chi connectivity index (χ4v) is 7.33. The first-order chi connectivity index (χ1) is 24.7. The molecule has 1 saturated carbocycles. The number of nitrogens with zero attached hydrogens (tertiary/aromatic N) is 4. The molecule has 2 heterocycles. The van der Waals surface area contributed by atoms with Crippen molar-refractivity contribution in [1.29, 1.82) is 0 Å². The van der Waals surface area contributed by atoms with E-state index in [4.69, 9.17) is 0 Å². The van der Waals surface area contributed by atoms with Gasteiger partial charge in [-0.1, -0.05) is 87.2 Å². The summed E-state index contributed by atoms with van der Waals surface area (Å²) in [7, 11) is 0. The van der Waals surface area contributed by atoms with E-state index in [9.17, 15) is 19.5 Å². The van der Waals surface area contributed by atoms with Gasteiger partial charge in [-0.05, 0) is 61.8 Å². The van der Waals surface area contributed by atoms with Gasteiger partial charge in [0.2, 0.25) is 11.8 Å². The fourth-order valence-electron chi connectivity index (χ4n) is 7.33. The van der Waals surface area contributed by atoms with Crippen LogP contribution < -0.4 is 16.0 Å². The van der Waals surface area contributed by atoms with Crippen molar-refractivity contribution in [3.05, 3.63) is 89.2 Å². The zero-order valence-electron chi connectivity index (χ0n) is 30.6. The highest BCUT2D eigenvalue weighted by molar-refractivity contribution is 5.96. The van der Waals surface area contributed by atoms with Crippen LogP contribution in [-0.2, 0) is 29.1 Å². The summed E-state index contributed by atoms with van der Waals surface area (Å²) in [4.78, 5) is 44.1. The highest BCUT2D eigenvalue weighted by atomic mass is 16.3. The van der Waals surface area contributed by atoms with Crippen LogP contribution in [0.15, 0.2) is 66.9 Å². The molecular formula is C40H57N7O4. The van der Waals surface area contributed by atoms with Crippen LogP contribution in [0.5, 0.6) is 0 Å². The van der Waals surface area contributed by atoms with E-state index in [0.717, 1.165) is 82.4 Å². The fraction of sp³-hybridized carbons (Fsp3) is 0.550. The molecule has 11 nitrogen and oxygen atoms in total. The summed E-state index contributed by atoms with van der Waals surface area (Å²) in [6, 6.07) is 19.0. The van der Waals surface area contributed by atoms with Crippen molar-refractivity contribution in [2.45, 2.75) is 110 Å². The molecule has 1 aliphatic carbocycles. The average Bonchev–Trinajstić information content (AvgIpc) is 3.50. The van der Waals surface area contributed by atoms with Crippen LogP contribution in [0.1, 0.15) is 98.9 Å². The Kier molecular flexibility index (Phi) is 14.2. The molecule has 0 radical (unpaired) electrons. The topological polar surface area (TPSA) is 132 Å². The van der Waals surface area contributed by atoms with E-state index in [0.29, 0.717) is 25.1 Å². The van der Waals surface area contributed by atoms with E-state index < -0.39 is 18.3 Å². The maximum absolute atomic E-state index is 13.7. The number of benzene rings is 2. The van der Waals surface area contributed by atoms with E-state index >= 15 is 0 Å². The molecule has 1 unspecified atom stereocenters. The molecule has 5 rings (SSSR count). The number of amides is 3. The summed E-state index contributed by atoms with van der Waals surface area (Å²) in [6.45, 7) is 10.1. The first kappa shape index (κ1) is 38.2. The van der Waals surface area contributed by atoms with Gasteiger partial charge in [-0.3, -0.25) is 28.9 Å². The molecule has 1 aliphatic heterocycles. The van der Waals surface area contributed by atoms with Gasteiger partial charge >= 0.3 is 0 Å². The number of nitrogens with one attached hydrogen (secondary N) is 3. The summed E-state index contributed by atoms with van der Waals surface area (Å²) in [5.74, 6) is -0.479. The second kappa shape index (κ2) is 19.0. The minimum atomic E-state index is -0.811. The quantitative estimate of drug-likeness (QED) is 0.173. The molecule has 276 valence electrons. The highest BCUT2D eigenvalue weighted by Gasteiger charge is 2.32. The summed E-state index contributed by atoms with van der Waals surface area (Å²) in [5, 5.41) is 25.0. The van der Waals surface area contributed by atoms with Crippen LogP contribution >= 0.6 is 0 Å². The molecule has 2 aliphatic rings. The molecule has 4 N–H and O–H groups in total. The van der Waals surface area contributed by atoms with E-state index in [1.165, 1.54) is 5.56 Å². The lowest BCUT2D eigenvalue weighted by atomic mass is 9.91. The molecule has 3 aromatic rings. The lowest BCUT2D eigenvalue weighted by molar-refractivity contribution is -0.125. The molecular weight excluding hydrogens is 642 g/mol. The van der Waals surface area contributed by atoms with Crippen LogP contribution in [0, 0.1) is 5.92 Å². The van der Waals surface area contributed by atoms with E-state index in [1.807, 2.05) is 51.1 Å². The first-order valence-corrected chi connectivity index (χ1v) is 18.9. The molecule has 2 fully saturated rings. The molecule has 51 heavy (non-hydrogen) atoms. The van der Waals surface area contributed by atoms with Crippen molar-refractivity contribution in [2.24, 2.45) is 5.92 Å². The van der Waals surface area contributed by atoms with Crippen molar-refractivity contribution >= 4 is 17.7 Å². The first-order valence-electron chi connectivity index (χ1n) is 18.9. The Balaban J connectivity index is 1.18. The summed E-state index contributed by atoms with van der Waals surface area (Å²) in [5.41, 5.74) is 3.65. The van der Waals surface area contributed by atoms with E-state index in [-0.39, 0.29) is 29.7 Å². The number of rotatable bonds is 15. The van der Waals surface area contributed by atoms with E-state index in [2.05, 4.69) is 55.1 Å². The third-order valence-electron chi connectivity index (χ3n) is 10.3. The predicted octanol–water partition coefficient (Wildman–Crippen LogP) is 4.42. The molecule has 2 aromatic carbocycles. The van der Waals surface area contributed by atoms with E-state index in [1.54, 1.807) is 16.9 Å². The Morgan fingerprint density at radius 1 is 0.843 bits per heavy atom.